The molecule has 0 bridgehead atoms. The molecule has 0 spiro atoms. The summed E-state index contributed by atoms with van der Waals surface area (Å²) in [6.07, 6.45) is 3.24. The fraction of sp³-hybridized carbons (Fsp3) is 0.222. The monoisotopic (exact) mass is 198 g/mol. The summed E-state index contributed by atoms with van der Waals surface area (Å²) in [5.41, 5.74) is 6.85. The highest BCUT2D eigenvalue weighted by Gasteiger charge is 1.97. The summed E-state index contributed by atoms with van der Waals surface area (Å²) in [5.74, 6) is 0. The third kappa shape index (κ3) is 2.95. The summed E-state index contributed by atoms with van der Waals surface area (Å²) in [5, 5.41) is 0.422. The van der Waals surface area contributed by atoms with Crippen molar-refractivity contribution in [3.05, 3.63) is 29.2 Å². The van der Waals surface area contributed by atoms with Gasteiger partial charge >= 0.3 is 0 Å². The van der Waals surface area contributed by atoms with Crippen LogP contribution in [0, 0.1) is 0 Å². The van der Waals surface area contributed by atoms with Crippen molar-refractivity contribution in [1.82, 2.24) is 4.98 Å². The zero-order valence-electron chi connectivity index (χ0n) is 7.33. The van der Waals surface area contributed by atoms with Crippen molar-refractivity contribution in [3.8, 4) is 0 Å². The van der Waals surface area contributed by atoms with Crippen LogP contribution in [0.3, 0.4) is 0 Å². The second-order valence-electron chi connectivity index (χ2n) is 2.37. The largest absolute Gasteiger partial charge is 0.501 e. The number of halogens is 1. The smallest absolute Gasteiger partial charge is 0.129 e. The van der Waals surface area contributed by atoms with Crippen LogP contribution >= 0.6 is 11.6 Å². The summed E-state index contributed by atoms with van der Waals surface area (Å²) < 4.78 is 5.01. The number of nitrogens with zero attached hydrogens (tertiary/aromatic N) is 1. The molecule has 0 aliphatic heterocycles. The van der Waals surface area contributed by atoms with Crippen LogP contribution < -0.4 is 5.73 Å². The number of nitrogens with two attached hydrogens (primary N) is 1. The Morgan fingerprint density at radius 3 is 3.08 bits per heavy atom. The third-order valence-corrected chi connectivity index (χ3v) is 1.62. The van der Waals surface area contributed by atoms with E-state index in [1.165, 1.54) is 0 Å². The summed E-state index contributed by atoms with van der Waals surface area (Å²) in [7, 11) is 0. The van der Waals surface area contributed by atoms with E-state index in [-0.39, 0.29) is 0 Å². The Bertz CT molecular complexity index is 312. The normalized spacial score (nSPS) is 10.6. The van der Waals surface area contributed by atoms with Crippen molar-refractivity contribution < 1.29 is 4.74 Å². The number of hydrogen-bond donors (Lipinski definition) is 1. The first-order valence-corrected chi connectivity index (χ1v) is 4.32. The maximum Gasteiger partial charge on any atom is 0.129 e. The third-order valence-electron chi connectivity index (χ3n) is 1.41. The number of anilines is 1. The first-order chi connectivity index (χ1) is 6.24. The molecule has 0 saturated carbocycles. The minimum absolute atomic E-state index is 0.422. The van der Waals surface area contributed by atoms with Gasteiger partial charge in [-0.25, -0.2) is 4.98 Å². The minimum Gasteiger partial charge on any atom is -0.501 e. The molecule has 13 heavy (non-hydrogen) atoms. The van der Waals surface area contributed by atoms with Crippen LogP contribution in [-0.2, 0) is 4.74 Å². The lowest BCUT2D eigenvalue weighted by Gasteiger charge is -1.99. The molecule has 2 N–H and O–H groups in total. The van der Waals surface area contributed by atoms with Gasteiger partial charge in [-0.15, -0.1) is 0 Å². The number of hydrogen-bond acceptors (Lipinski definition) is 3. The Balaban J connectivity index is 2.81. The molecule has 0 aromatic carbocycles. The molecule has 4 heteroatoms. The highest BCUT2D eigenvalue weighted by molar-refractivity contribution is 6.29. The van der Waals surface area contributed by atoms with Crippen LogP contribution in [0.4, 0.5) is 5.69 Å². The molecule has 1 aromatic heterocycles. The maximum absolute atomic E-state index is 5.69. The van der Waals surface area contributed by atoms with Gasteiger partial charge in [0.2, 0.25) is 0 Å². The van der Waals surface area contributed by atoms with Crippen molar-refractivity contribution in [1.29, 1.82) is 0 Å². The Kier molecular flexibility index (Phi) is 3.58. The molecule has 0 atom stereocenters. The summed E-state index contributed by atoms with van der Waals surface area (Å²) >= 11 is 5.69. The van der Waals surface area contributed by atoms with Gasteiger partial charge in [0.05, 0.1) is 24.3 Å². The van der Waals surface area contributed by atoms with Crippen LogP contribution in [0.5, 0.6) is 0 Å². The van der Waals surface area contributed by atoms with Crippen molar-refractivity contribution in [2.75, 3.05) is 12.3 Å². The Morgan fingerprint density at radius 2 is 2.38 bits per heavy atom. The average molecular weight is 199 g/mol. The van der Waals surface area contributed by atoms with Crippen molar-refractivity contribution in [3.63, 3.8) is 0 Å². The van der Waals surface area contributed by atoms with Crippen molar-refractivity contribution >= 4 is 23.4 Å². The Hall–Kier alpha value is -1.22. The maximum atomic E-state index is 5.69. The summed E-state index contributed by atoms with van der Waals surface area (Å²) in [4.78, 5) is 4.02. The van der Waals surface area contributed by atoms with E-state index in [9.17, 15) is 0 Å². The van der Waals surface area contributed by atoms with Gasteiger partial charge in [-0.1, -0.05) is 11.6 Å². The molecular formula is C9H11ClN2O. The molecule has 0 amide bonds. The molecule has 0 radical (unpaired) electrons. The van der Waals surface area contributed by atoms with Crippen LogP contribution in [0.25, 0.3) is 6.08 Å². The molecule has 0 fully saturated rings. The van der Waals surface area contributed by atoms with Gasteiger partial charge < -0.3 is 10.5 Å². The second-order valence-corrected chi connectivity index (χ2v) is 2.75. The van der Waals surface area contributed by atoms with E-state index in [4.69, 9.17) is 22.1 Å². The average Bonchev–Trinajstić information content (AvgIpc) is 2.11. The summed E-state index contributed by atoms with van der Waals surface area (Å²) in [6.45, 7) is 2.52. The fourth-order valence-corrected chi connectivity index (χ4v) is 0.957. The first-order valence-electron chi connectivity index (χ1n) is 3.94. The van der Waals surface area contributed by atoms with Gasteiger partial charge in [-0.3, -0.25) is 0 Å². The Labute approximate surface area is 82.2 Å². The summed E-state index contributed by atoms with van der Waals surface area (Å²) in [6, 6.07) is 3.36. The lowest BCUT2D eigenvalue weighted by molar-refractivity contribution is 0.272. The molecule has 70 valence electrons. The van der Waals surface area contributed by atoms with Gasteiger partial charge in [-0.05, 0) is 19.1 Å². The number of pyridine rings is 1. The van der Waals surface area contributed by atoms with Crippen molar-refractivity contribution in [2.24, 2.45) is 0 Å². The molecule has 0 aliphatic rings. The van der Waals surface area contributed by atoms with E-state index >= 15 is 0 Å². The van der Waals surface area contributed by atoms with Gasteiger partial charge in [0.25, 0.3) is 0 Å². The first kappa shape index (κ1) is 9.86. The van der Waals surface area contributed by atoms with E-state index in [2.05, 4.69) is 4.98 Å². The van der Waals surface area contributed by atoms with Crippen molar-refractivity contribution in [2.45, 2.75) is 6.92 Å². The van der Waals surface area contributed by atoms with Gasteiger partial charge in [0.15, 0.2) is 0 Å². The van der Waals surface area contributed by atoms with Gasteiger partial charge in [-0.2, -0.15) is 0 Å². The molecular weight excluding hydrogens is 188 g/mol. The van der Waals surface area contributed by atoms with Crippen LogP contribution in [-0.4, -0.2) is 11.6 Å². The number of ether oxygens (including phenoxy) is 1. The molecule has 0 aliphatic carbocycles. The van der Waals surface area contributed by atoms with E-state index in [0.29, 0.717) is 23.1 Å². The SMILES string of the molecule is CCO/C=C/c1nc(Cl)ccc1N. The lowest BCUT2D eigenvalue weighted by atomic mass is 10.3. The van der Waals surface area contributed by atoms with Crippen LogP contribution in [0.15, 0.2) is 18.4 Å². The predicted molar refractivity (Wildman–Crippen MR) is 54.3 cm³/mol. The number of rotatable bonds is 3. The topological polar surface area (TPSA) is 48.1 Å². The molecule has 1 aromatic rings. The van der Waals surface area contributed by atoms with Crippen LogP contribution in [0.1, 0.15) is 12.6 Å². The second kappa shape index (κ2) is 4.72. The zero-order chi connectivity index (χ0) is 9.68. The standard InChI is InChI=1S/C9H11ClN2O/c1-2-13-6-5-8-7(11)3-4-9(10)12-8/h3-6H,2,11H2,1H3/b6-5+. The molecule has 0 unspecified atom stereocenters. The van der Waals surface area contributed by atoms with Gasteiger partial charge in [0.1, 0.15) is 5.15 Å². The van der Waals surface area contributed by atoms with E-state index in [1.54, 1.807) is 24.5 Å². The molecule has 0 saturated heterocycles. The molecule has 1 rings (SSSR count). The molecule has 3 nitrogen and oxygen atoms in total. The van der Waals surface area contributed by atoms with E-state index in [0.717, 1.165) is 0 Å². The predicted octanol–water partition coefficient (Wildman–Crippen LogP) is 2.32. The number of aromatic nitrogens is 1. The lowest BCUT2D eigenvalue weighted by Crippen LogP contribution is -1.92. The van der Waals surface area contributed by atoms with E-state index in [1.807, 2.05) is 6.92 Å². The molecule has 1 heterocycles. The van der Waals surface area contributed by atoms with Gasteiger partial charge in [0, 0.05) is 6.08 Å². The van der Waals surface area contributed by atoms with Crippen LogP contribution in [0.2, 0.25) is 5.15 Å². The minimum atomic E-state index is 0.422. The highest BCUT2D eigenvalue weighted by atomic mass is 35.5. The van der Waals surface area contributed by atoms with E-state index < -0.39 is 0 Å². The quantitative estimate of drug-likeness (QED) is 0.599. The number of nitrogen functional groups attached to an aromatic ring is 1. The fourth-order valence-electron chi connectivity index (χ4n) is 0.803. The highest BCUT2D eigenvalue weighted by Crippen LogP contribution is 2.14. The Morgan fingerprint density at radius 1 is 1.62 bits per heavy atom. The zero-order valence-corrected chi connectivity index (χ0v) is 8.08.